The highest BCUT2D eigenvalue weighted by atomic mass is 19.1. The van der Waals surface area contributed by atoms with Crippen LogP contribution in [0.5, 0.6) is 0 Å². The third-order valence-electron chi connectivity index (χ3n) is 2.04. The number of hydrogen-bond donors (Lipinski definition) is 1. The van der Waals surface area contributed by atoms with E-state index in [-0.39, 0.29) is 11.6 Å². The Kier molecular flexibility index (Phi) is 3.61. The van der Waals surface area contributed by atoms with Crippen molar-refractivity contribution in [2.75, 3.05) is 0 Å². The Bertz CT molecular complexity index is 353. The summed E-state index contributed by atoms with van der Waals surface area (Å²) in [5.74, 6) is -0.449. The summed E-state index contributed by atoms with van der Waals surface area (Å²) < 4.78 is 13.1. The van der Waals surface area contributed by atoms with Crippen LogP contribution in [0, 0.1) is 17.1 Å². The SMILES string of the molecule is C[C@H](N)CCc1ccc(C#N)c(F)c1. The summed E-state index contributed by atoms with van der Waals surface area (Å²) >= 11 is 0. The van der Waals surface area contributed by atoms with Crippen LogP contribution in [-0.2, 0) is 6.42 Å². The molecule has 0 aliphatic heterocycles. The smallest absolute Gasteiger partial charge is 0.141 e. The maximum absolute atomic E-state index is 13.1. The molecule has 14 heavy (non-hydrogen) atoms. The van der Waals surface area contributed by atoms with Crippen molar-refractivity contribution in [2.45, 2.75) is 25.8 Å². The van der Waals surface area contributed by atoms with Gasteiger partial charge in [0, 0.05) is 6.04 Å². The molecule has 0 unspecified atom stereocenters. The van der Waals surface area contributed by atoms with Crippen molar-refractivity contribution in [1.82, 2.24) is 0 Å². The monoisotopic (exact) mass is 192 g/mol. The molecule has 1 aromatic carbocycles. The van der Waals surface area contributed by atoms with E-state index in [9.17, 15) is 4.39 Å². The third kappa shape index (κ3) is 2.82. The van der Waals surface area contributed by atoms with Crippen LogP contribution in [0.25, 0.3) is 0 Å². The first kappa shape index (κ1) is 10.7. The van der Waals surface area contributed by atoms with E-state index < -0.39 is 5.82 Å². The minimum Gasteiger partial charge on any atom is -0.328 e. The lowest BCUT2D eigenvalue weighted by atomic mass is 10.0. The fourth-order valence-corrected chi connectivity index (χ4v) is 1.20. The largest absolute Gasteiger partial charge is 0.328 e. The summed E-state index contributed by atoms with van der Waals surface area (Å²) in [5, 5.41) is 8.52. The number of nitriles is 1. The normalized spacial score (nSPS) is 12.1. The highest BCUT2D eigenvalue weighted by molar-refractivity contribution is 5.33. The summed E-state index contributed by atoms with van der Waals surface area (Å²) in [6.45, 7) is 1.92. The molecule has 2 N–H and O–H groups in total. The lowest BCUT2D eigenvalue weighted by molar-refractivity contribution is 0.616. The number of aryl methyl sites for hydroxylation is 1. The molecule has 0 fully saturated rings. The van der Waals surface area contributed by atoms with Crippen molar-refractivity contribution < 1.29 is 4.39 Å². The van der Waals surface area contributed by atoms with Crippen molar-refractivity contribution in [3.8, 4) is 6.07 Å². The Labute approximate surface area is 83.2 Å². The van der Waals surface area contributed by atoms with E-state index in [2.05, 4.69) is 0 Å². The molecular formula is C11H13FN2. The van der Waals surface area contributed by atoms with E-state index in [1.807, 2.05) is 6.92 Å². The van der Waals surface area contributed by atoms with E-state index in [0.717, 1.165) is 18.4 Å². The molecule has 3 heteroatoms. The van der Waals surface area contributed by atoms with Gasteiger partial charge in [0.25, 0.3) is 0 Å². The van der Waals surface area contributed by atoms with Crippen LogP contribution < -0.4 is 5.73 Å². The minimum absolute atomic E-state index is 0.0922. The molecular weight excluding hydrogens is 179 g/mol. The number of halogens is 1. The third-order valence-corrected chi connectivity index (χ3v) is 2.04. The molecule has 0 bridgehead atoms. The summed E-state index contributed by atoms with van der Waals surface area (Å²) in [6, 6.07) is 6.58. The Morgan fingerprint density at radius 1 is 1.57 bits per heavy atom. The number of hydrogen-bond acceptors (Lipinski definition) is 2. The van der Waals surface area contributed by atoms with Gasteiger partial charge in [-0.2, -0.15) is 5.26 Å². The van der Waals surface area contributed by atoms with Crippen LogP contribution in [0.4, 0.5) is 4.39 Å². The number of nitrogens with two attached hydrogens (primary N) is 1. The first-order chi connectivity index (χ1) is 6.63. The topological polar surface area (TPSA) is 49.8 Å². The molecule has 1 rings (SSSR count). The van der Waals surface area contributed by atoms with Gasteiger partial charge in [0.15, 0.2) is 0 Å². The highest BCUT2D eigenvalue weighted by Crippen LogP contribution is 2.11. The van der Waals surface area contributed by atoms with Crippen LogP contribution >= 0.6 is 0 Å². The van der Waals surface area contributed by atoms with Crippen molar-refractivity contribution >= 4 is 0 Å². The molecule has 0 saturated carbocycles. The van der Waals surface area contributed by atoms with E-state index in [4.69, 9.17) is 11.0 Å². The number of rotatable bonds is 3. The standard InChI is InChI=1S/C11H13FN2/c1-8(14)2-3-9-4-5-10(7-13)11(12)6-9/h4-6,8H,2-3,14H2,1H3/t8-/m0/s1. The highest BCUT2D eigenvalue weighted by Gasteiger charge is 2.03. The van der Waals surface area contributed by atoms with Crippen LogP contribution in [0.1, 0.15) is 24.5 Å². The molecule has 2 nitrogen and oxygen atoms in total. The second-order valence-electron chi connectivity index (χ2n) is 3.44. The van der Waals surface area contributed by atoms with Crippen molar-refractivity contribution in [3.05, 3.63) is 35.1 Å². The maximum atomic E-state index is 13.1. The fraction of sp³-hybridized carbons (Fsp3) is 0.364. The van der Waals surface area contributed by atoms with E-state index >= 15 is 0 Å². The van der Waals surface area contributed by atoms with Gasteiger partial charge in [-0.1, -0.05) is 6.07 Å². The average molecular weight is 192 g/mol. The van der Waals surface area contributed by atoms with E-state index in [0.29, 0.717) is 0 Å². The van der Waals surface area contributed by atoms with Crippen molar-refractivity contribution in [1.29, 1.82) is 5.26 Å². The molecule has 74 valence electrons. The van der Waals surface area contributed by atoms with Crippen LogP contribution in [0.2, 0.25) is 0 Å². The predicted octanol–water partition coefficient (Wildman–Crippen LogP) is 1.98. The molecule has 0 radical (unpaired) electrons. The number of nitrogens with zero attached hydrogens (tertiary/aromatic N) is 1. The Hall–Kier alpha value is -1.40. The van der Waals surface area contributed by atoms with Crippen molar-refractivity contribution in [3.63, 3.8) is 0 Å². The lowest BCUT2D eigenvalue weighted by Gasteiger charge is -2.05. The van der Waals surface area contributed by atoms with Crippen LogP contribution in [0.3, 0.4) is 0 Å². The molecule has 0 aromatic heterocycles. The van der Waals surface area contributed by atoms with E-state index in [1.165, 1.54) is 12.1 Å². The van der Waals surface area contributed by atoms with Gasteiger partial charge < -0.3 is 5.73 Å². The summed E-state index contributed by atoms with van der Waals surface area (Å²) in [7, 11) is 0. The Morgan fingerprint density at radius 3 is 2.79 bits per heavy atom. The molecule has 0 aliphatic rings. The van der Waals surface area contributed by atoms with Crippen LogP contribution in [-0.4, -0.2) is 6.04 Å². The molecule has 0 saturated heterocycles. The molecule has 1 aromatic rings. The van der Waals surface area contributed by atoms with Crippen molar-refractivity contribution in [2.24, 2.45) is 5.73 Å². The predicted molar refractivity (Wildman–Crippen MR) is 53.1 cm³/mol. The van der Waals surface area contributed by atoms with Gasteiger partial charge in [-0.05, 0) is 37.5 Å². The van der Waals surface area contributed by atoms with Gasteiger partial charge in [0.05, 0.1) is 5.56 Å². The molecule has 0 heterocycles. The summed E-state index contributed by atoms with van der Waals surface area (Å²) in [4.78, 5) is 0. The Balaban J connectivity index is 2.73. The zero-order chi connectivity index (χ0) is 10.6. The molecule has 0 aliphatic carbocycles. The second-order valence-corrected chi connectivity index (χ2v) is 3.44. The molecule has 0 spiro atoms. The maximum Gasteiger partial charge on any atom is 0.141 e. The van der Waals surface area contributed by atoms with Gasteiger partial charge in [-0.25, -0.2) is 4.39 Å². The lowest BCUT2D eigenvalue weighted by Crippen LogP contribution is -2.15. The molecule has 0 amide bonds. The van der Waals surface area contributed by atoms with Gasteiger partial charge >= 0.3 is 0 Å². The average Bonchev–Trinajstić information content (AvgIpc) is 2.15. The zero-order valence-corrected chi connectivity index (χ0v) is 8.13. The minimum atomic E-state index is -0.449. The zero-order valence-electron chi connectivity index (χ0n) is 8.13. The van der Waals surface area contributed by atoms with Gasteiger partial charge in [-0.3, -0.25) is 0 Å². The summed E-state index contributed by atoms with van der Waals surface area (Å²) in [6.07, 6.45) is 1.58. The first-order valence-corrected chi connectivity index (χ1v) is 4.57. The summed E-state index contributed by atoms with van der Waals surface area (Å²) in [5.41, 5.74) is 6.57. The second kappa shape index (κ2) is 4.73. The van der Waals surface area contributed by atoms with Gasteiger partial charge in [-0.15, -0.1) is 0 Å². The van der Waals surface area contributed by atoms with Gasteiger partial charge in [0.1, 0.15) is 11.9 Å². The van der Waals surface area contributed by atoms with E-state index in [1.54, 1.807) is 12.1 Å². The van der Waals surface area contributed by atoms with Gasteiger partial charge in [0.2, 0.25) is 0 Å². The quantitative estimate of drug-likeness (QED) is 0.796. The number of benzene rings is 1. The first-order valence-electron chi connectivity index (χ1n) is 4.57. The molecule has 1 atom stereocenters. The van der Waals surface area contributed by atoms with Crippen LogP contribution in [0.15, 0.2) is 18.2 Å². The Morgan fingerprint density at radius 2 is 2.29 bits per heavy atom. The fourth-order valence-electron chi connectivity index (χ4n) is 1.20.